The fourth-order valence-corrected chi connectivity index (χ4v) is 3.96. The standard InChI is InChI=1S/C22H23ClN4O4/c1-15(27-18-7-2-3-8-19(18)31-22(27)30)21(29)24-14-20(28)26-11-9-25(10-12-26)17-6-4-5-16(23)13-17/h2-8,13,15H,9-12,14H2,1H3,(H,24,29). The van der Waals surface area contributed by atoms with E-state index in [0.717, 1.165) is 5.69 Å². The van der Waals surface area contributed by atoms with Crippen LogP contribution in [0.2, 0.25) is 5.02 Å². The number of benzene rings is 2. The number of anilines is 1. The number of piperazine rings is 1. The lowest BCUT2D eigenvalue weighted by Crippen LogP contribution is -2.51. The van der Waals surface area contributed by atoms with E-state index in [9.17, 15) is 14.4 Å². The lowest BCUT2D eigenvalue weighted by atomic mass is 10.2. The number of oxazole rings is 1. The van der Waals surface area contributed by atoms with Gasteiger partial charge >= 0.3 is 5.76 Å². The Morgan fingerprint density at radius 1 is 1.10 bits per heavy atom. The number of nitrogens with zero attached hydrogens (tertiary/aromatic N) is 3. The first-order valence-corrected chi connectivity index (χ1v) is 10.5. The minimum absolute atomic E-state index is 0.120. The van der Waals surface area contributed by atoms with Crippen LogP contribution in [0, 0.1) is 0 Å². The molecule has 1 fully saturated rings. The molecular weight excluding hydrogens is 420 g/mol. The van der Waals surface area contributed by atoms with Gasteiger partial charge in [0, 0.05) is 36.9 Å². The molecule has 3 aromatic rings. The first kappa shape index (κ1) is 21.0. The second-order valence-electron chi connectivity index (χ2n) is 7.45. The van der Waals surface area contributed by atoms with Gasteiger partial charge in [-0.25, -0.2) is 4.79 Å². The van der Waals surface area contributed by atoms with Gasteiger partial charge in [0.2, 0.25) is 11.8 Å². The van der Waals surface area contributed by atoms with Crippen molar-refractivity contribution in [3.63, 3.8) is 0 Å². The Bertz CT molecular complexity index is 1160. The van der Waals surface area contributed by atoms with Crippen molar-refractivity contribution in [2.24, 2.45) is 0 Å². The van der Waals surface area contributed by atoms with E-state index in [4.69, 9.17) is 16.0 Å². The summed E-state index contributed by atoms with van der Waals surface area (Å²) in [6, 6.07) is 13.7. The molecule has 0 saturated carbocycles. The molecule has 1 saturated heterocycles. The average molecular weight is 443 g/mol. The third-order valence-electron chi connectivity index (χ3n) is 5.51. The van der Waals surface area contributed by atoms with Crippen molar-refractivity contribution in [2.45, 2.75) is 13.0 Å². The number of carbonyl (C=O) groups is 2. The monoisotopic (exact) mass is 442 g/mol. The number of aromatic nitrogens is 1. The zero-order valence-electron chi connectivity index (χ0n) is 17.1. The van der Waals surface area contributed by atoms with Crippen molar-refractivity contribution in [1.29, 1.82) is 0 Å². The molecule has 1 N–H and O–H groups in total. The maximum absolute atomic E-state index is 12.6. The molecule has 1 aromatic heterocycles. The third kappa shape index (κ3) is 4.44. The van der Waals surface area contributed by atoms with Crippen molar-refractivity contribution >= 4 is 40.2 Å². The summed E-state index contributed by atoms with van der Waals surface area (Å²) < 4.78 is 6.47. The Hall–Kier alpha value is -3.26. The van der Waals surface area contributed by atoms with Crippen LogP contribution in [0.15, 0.2) is 57.7 Å². The van der Waals surface area contributed by atoms with E-state index in [0.29, 0.717) is 42.3 Å². The van der Waals surface area contributed by atoms with E-state index in [1.54, 1.807) is 36.1 Å². The Morgan fingerprint density at radius 2 is 1.84 bits per heavy atom. The van der Waals surface area contributed by atoms with Crippen LogP contribution < -0.4 is 16.0 Å². The summed E-state index contributed by atoms with van der Waals surface area (Å²) in [6.07, 6.45) is 0. The molecule has 2 heterocycles. The van der Waals surface area contributed by atoms with Crippen LogP contribution in [-0.4, -0.2) is 54.0 Å². The molecule has 31 heavy (non-hydrogen) atoms. The van der Waals surface area contributed by atoms with Crippen LogP contribution in [0.25, 0.3) is 11.1 Å². The molecule has 2 amide bonds. The minimum atomic E-state index is -0.802. The molecule has 2 aromatic carbocycles. The van der Waals surface area contributed by atoms with Crippen molar-refractivity contribution < 1.29 is 14.0 Å². The smallest absolute Gasteiger partial charge is 0.408 e. The zero-order valence-corrected chi connectivity index (χ0v) is 17.8. The molecule has 4 rings (SSSR count). The van der Waals surface area contributed by atoms with Gasteiger partial charge in [0.05, 0.1) is 12.1 Å². The van der Waals surface area contributed by atoms with Gasteiger partial charge in [0.25, 0.3) is 0 Å². The summed E-state index contributed by atoms with van der Waals surface area (Å²) in [5.74, 6) is -1.18. The molecule has 8 nitrogen and oxygen atoms in total. The number of hydrogen-bond acceptors (Lipinski definition) is 5. The summed E-state index contributed by atoms with van der Waals surface area (Å²) in [5, 5.41) is 3.33. The Labute approximate surface area is 184 Å². The van der Waals surface area contributed by atoms with Crippen LogP contribution in [0.4, 0.5) is 5.69 Å². The second-order valence-corrected chi connectivity index (χ2v) is 7.88. The van der Waals surface area contributed by atoms with Gasteiger partial charge in [-0.05, 0) is 37.3 Å². The zero-order chi connectivity index (χ0) is 22.0. The fourth-order valence-electron chi connectivity index (χ4n) is 3.78. The molecule has 9 heteroatoms. The molecule has 1 aliphatic rings. The number of rotatable bonds is 5. The molecule has 1 unspecified atom stereocenters. The fraction of sp³-hybridized carbons (Fsp3) is 0.318. The van der Waals surface area contributed by atoms with Crippen molar-refractivity contribution in [3.8, 4) is 0 Å². The normalized spacial score (nSPS) is 15.2. The number of hydrogen-bond donors (Lipinski definition) is 1. The topological polar surface area (TPSA) is 87.8 Å². The molecule has 0 radical (unpaired) electrons. The van der Waals surface area contributed by atoms with Gasteiger partial charge in [-0.1, -0.05) is 29.8 Å². The van der Waals surface area contributed by atoms with Crippen molar-refractivity contribution in [1.82, 2.24) is 14.8 Å². The molecule has 162 valence electrons. The highest BCUT2D eigenvalue weighted by molar-refractivity contribution is 6.30. The summed E-state index contributed by atoms with van der Waals surface area (Å²) in [6.45, 7) is 3.97. The molecule has 1 atom stereocenters. The number of halogens is 1. The van der Waals surface area contributed by atoms with Gasteiger partial charge in [-0.2, -0.15) is 0 Å². The predicted octanol–water partition coefficient (Wildman–Crippen LogP) is 2.27. The molecule has 1 aliphatic heterocycles. The van der Waals surface area contributed by atoms with E-state index in [-0.39, 0.29) is 12.5 Å². The van der Waals surface area contributed by atoms with Crippen LogP contribution in [0.1, 0.15) is 13.0 Å². The number of nitrogens with one attached hydrogen (secondary N) is 1. The van der Waals surface area contributed by atoms with Gasteiger partial charge in [-0.3, -0.25) is 14.2 Å². The summed E-state index contributed by atoms with van der Waals surface area (Å²) in [4.78, 5) is 41.2. The quantitative estimate of drug-likeness (QED) is 0.655. The maximum Gasteiger partial charge on any atom is 0.420 e. The summed E-state index contributed by atoms with van der Waals surface area (Å²) >= 11 is 6.06. The molecule has 0 bridgehead atoms. The van der Waals surface area contributed by atoms with E-state index in [1.165, 1.54) is 4.57 Å². The van der Waals surface area contributed by atoms with Gasteiger partial charge < -0.3 is 19.5 Å². The number of amides is 2. The number of carbonyl (C=O) groups excluding carboxylic acids is 2. The first-order chi connectivity index (χ1) is 14.9. The summed E-state index contributed by atoms with van der Waals surface area (Å²) in [5.41, 5.74) is 1.99. The largest absolute Gasteiger partial charge is 0.420 e. The highest BCUT2D eigenvalue weighted by Gasteiger charge is 2.24. The second kappa shape index (κ2) is 8.85. The third-order valence-corrected chi connectivity index (χ3v) is 5.74. The lowest BCUT2D eigenvalue weighted by Gasteiger charge is -2.36. The van der Waals surface area contributed by atoms with E-state index in [2.05, 4.69) is 10.2 Å². The lowest BCUT2D eigenvalue weighted by molar-refractivity contribution is -0.133. The molecular formula is C22H23ClN4O4. The van der Waals surface area contributed by atoms with Crippen molar-refractivity contribution in [3.05, 3.63) is 64.1 Å². The van der Waals surface area contributed by atoms with Gasteiger partial charge in [0.1, 0.15) is 6.04 Å². The Balaban J connectivity index is 1.32. The van der Waals surface area contributed by atoms with Crippen molar-refractivity contribution in [2.75, 3.05) is 37.6 Å². The van der Waals surface area contributed by atoms with Crippen LogP contribution >= 0.6 is 11.6 Å². The maximum atomic E-state index is 12.6. The summed E-state index contributed by atoms with van der Waals surface area (Å²) in [7, 11) is 0. The van der Waals surface area contributed by atoms with Crippen LogP contribution in [-0.2, 0) is 9.59 Å². The first-order valence-electron chi connectivity index (χ1n) is 10.1. The molecule has 0 aliphatic carbocycles. The SMILES string of the molecule is CC(C(=O)NCC(=O)N1CCN(c2cccc(Cl)c2)CC1)n1c(=O)oc2ccccc21. The number of fused-ring (bicyclic) bond motifs is 1. The molecule has 0 spiro atoms. The predicted molar refractivity (Wildman–Crippen MR) is 118 cm³/mol. The van der Waals surface area contributed by atoms with Gasteiger partial charge in [0.15, 0.2) is 5.58 Å². The Morgan fingerprint density at radius 3 is 2.58 bits per heavy atom. The van der Waals surface area contributed by atoms with Gasteiger partial charge in [-0.15, -0.1) is 0 Å². The van der Waals surface area contributed by atoms with Crippen LogP contribution in [0.3, 0.4) is 0 Å². The highest BCUT2D eigenvalue weighted by Crippen LogP contribution is 2.21. The average Bonchev–Trinajstić information content (AvgIpc) is 3.12. The van der Waals surface area contributed by atoms with Crippen LogP contribution in [0.5, 0.6) is 0 Å². The Kier molecular flexibility index (Phi) is 5.99. The minimum Gasteiger partial charge on any atom is -0.408 e. The van der Waals surface area contributed by atoms with E-state index >= 15 is 0 Å². The highest BCUT2D eigenvalue weighted by atomic mass is 35.5. The number of para-hydroxylation sites is 2. The van der Waals surface area contributed by atoms with E-state index < -0.39 is 17.7 Å². The van der Waals surface area contributed by atoms with E-state index in [1.807, 2.05) is 24.3 Å².